The fourth-order valence-electron chi connectivity index (χ4n) is 1.72. The van der Waals surface area contributed by atoms with Gasteiger partial charge in [-0.25, -0.2) is 0 Å². The van der Waals surface area contributed by atoms with Crippen molar-refractivity contribution in [1.29, 1.82) is 0 Å². The standard InChI is InChI=1S/C13H14BrNO2/c1-8-5-12(16-2)10(6-11(8)14)13(15)9-3-4-17-7-9/h3-7,13H,15H2,1-2H3. The Morgan fingerprint density at radius 1 is 1.41 bits per heavy atom. The van der Waals surface area contributed by atoms with Gasteiger partial charge in [0.25, 0.3) is 0 Å². The van der Waals surface area contributed by atoms with E-state index in [0.29, 0.717) is 0 Å². The summed E-state index contributed by atoms with van der Waals surface area (Å²) in [5, 5.41) is 0. The highest BCUT2D eigenvalue weighted by atomic mass is 79.9. The Balaban J connectivity index is 2.47. The molecule has 0 saturated carbocycles. The minimum Gasteiger partial charge on any atom is -0.496 e. The predicted molar refractivity (Wildman–Crippen MR) is 70.2 cm³/mol. The number of ether oxygens (including phenoxy) is 1. The molecule has 1 aromatic carbocycles. The Bertz CT molecular complexity index is 508. The normalized spacial score (nSPS) is 12.5. The highest BCUT2D eigenvalue weighted by Crippen LogP contribution is 2.33. The maximum absolute atomic E-state index is 6.20. The number of benzene rings is 1. The van der Waals surface area contributed by atoms with Crippen molar-refractivity contribution in [3.63, 3.8) is 0 Å². The maximum atomic E-state index is 6.20. The number of methoxy groups -OCH3 is 1. The third kappa shape index (κ3) is 2.37. The summed E-state index contributed by atoms with van der Waals surface area (Å²) in [5.74, 6) is 0.791. The maximum Gasteiger partial charge on any atom is 0.124 e. The molecule has 90 valence electrons. The highest BCUT2D eigenvalue weighted by Gasteiger charge is 2.16. The molecule has 0 bridgehead atoms. The molecule has 0 aliphatic rings. The summed E-state index contributed by atoms with van der Waals surface area (Å²) >= 11 is 3.51. The molecule has 0 saturated heterocycles. The van der Waals surface area contributed by atoms with E-state index in [-0.39, 0.29) is 6.04 Å². The van der Waals surface area contributed by atoms with Crippen LogP contribution in [-0.2, 0) is 0 Å². The lowest BCUT2D eigenvalue weighted by Gasteiger charge is -2.16. The van der Waals surface area contributed by atoms with E-state index in [4.69, 9.17) is 14.9 Å². The van der Waals surface area contributed by atoms with Crippen molar-refractivity contribution in [1.82, 2.24) is 0 Å². The van der Waals surface area contributed by atoms with E-state index in [1.807, 2.05) is 25.1 Å². The van der Waals surface area contributed by atoms with Crippen LogP contribution in [-0.4, -0.2) is 7.11 Å². The molecular weight excluding hydrogens is 282 g/mol. The molecule has 0 spiro atoms. The van der Waals surface area contributed by atoms with Gasteiger partial charge in [0.1, 0.15) is 5.75 Å². The van der Waals surface area contributed by atoms with Gasteiger partial charge < -0.3 is 14.9 Å². The van der Waals surface area contributed by atoms with Crippen LogP contribution in [0.25, 0.3) is 0 Å². The Labute approximate surface area is 109 Å². The summed E-state index contributed by atoms with van der Waals surface area (Å²) in [6.07, 6.45) is 3.27. The van der Waals surface area contributed by atoms with Crippen LogP contribution in [0.3, 0.4) is 0 Å². The number of nitrogens with two attached hydrogens (primary N) is 1. The minimum absolute atomic E-state index is 0.249. The first-order chi connectivity index (χ1) is 8.13. The van der Waals surface area contributed by atoms with E-state index in [0.717, 1.165) is 26.9 Å². The van der Waals surface area contributed by atoms with Gasteiger partial charge in [-0.3, -0.25) is 0 Å². The number of rotatable bonds is 3. The second-order valence-electron chi connectivity index (χ2n) is 3.88. The summed E-state index contributed by atoms with van der Waals surface area (Å²) < 4.78 is 11.4. The quantitative estimate of drug-likeness (QED) is 0.944. The van der Waals surface area contributed by atoms with Gasteiger partial charge in [-0.05, 0) is 30.7 Å². The Kier molecular flexibility index (Phi) is 3.54. The summed E-state index contributed by atoms with van der Waals surface area (Å²) in [6.45, 7) is 2.01. The fourth-order valence-corrected chi connectivity index (χ4v) is 2.08. The predicted octanol–water partition coefficient (Wildman–Crippen LogP) is 3.41. The van der Waals surface area contributed by atoms with Gasteiger partial charge >= 0.3 is 0 Å². The van der Waals surface area contributed by atoms with Crippen LogP contribution in [0.4, 0.5) is 0 Å². The molecule has 0 aliphatic carbocycles. The first-order valence-corrected chi connectivity index (χ1v) is 6.04. The molecule has 2 rings (SSSR count). The zero-order valence-electron chi connectivity index (χ0n) is 9.74. The molecule has 3 nitrogen and oxygen atoms in total. The highest BCUT2D eigenvalue weighted by molar-refractivity contribution is 9.10. The molecule has 2 N–H and O–H groups in total. The average molecular weight is 296 g/mol. The van der Waals surface area contributed by atoms with E-state index in [1.165, 1.54) is 0 Å². The minimum atomic E-state index is -0.249. The van der Waals surface area contributed by atoms with Crippen LogP contribution >= 0.6 is 15.9 Å². The van der Waals surface area contributed by atoms with Crippen molar-refractivity contribution in [2.24, 2.45) is 5.73 Å². The van der Waals surface area contributed by atoms with Crippen LogP contribution in [0.1, 0.15) is 22.7 Å². The average Bonchev–Trinajstić information content (AvgIpc) is 2.84. The number of furan rings is 1. The van der Waals surface area contributed by atoms with Crippen molar-refractivity contribution in [2.75, 3.05) is 7.11 Å². The fraction of sp³-hybridized carbons (Fsp3) is 0.231. The van der Waals surface area contributed by atoms with E-state index >= 15 is 0 Å². The van der Waals surface area contributed by atoms with Gasteiger partial charge in [-0.1, -0.05) is 15.9 Å². The molecule has 0 radical (unpaired) electrons. The smallest absolute Gasteiger partial charge is 0.124 e. The van der Waals surface area contributed by atoms with Crippen molar-refractivity contribution >= 4 is 15.9 Å². The molecule has 2 aromatic rings. The number of hydrogen-bond acceptors (Lipinski definition) is 3. The summed E-state index contributed by atoms with van der Waals surface area (Å²) in [7, 11) is 1.65. The lowest BCUT2D eigenvalue weighted by Crippen LogP contribution is -2.12. The van der Waals surface area contributed by atoms with Crippen LogP contribution < -0.4 is 10.5 Å². The van der Waals surface area contributed by atoms with E-state index in [1.54, 1.807) is 19.6 Å². The monoisotopic (exact) mass is 295 g/mol. The van der Waals surface area contributed by atoms with E-state index < -0.39 is 0 Å². The molecule has 0 aliphatic heterocycles. The zero-order valence-corrected chi connectivity index (χ0v) is 11.3. The summed E-state index contributed by atoms with van der Waals surface area (Å²) in [5.41, 5.74) is 9.18. The van der Waals surface area contributed by atoms with Crippen LogP contribution in [0, 0.1) is 6.92 Å². The van der Waals surface area contributed by atoms with Crippen LogP contribution in [0.2, 0.25) is 0 Å². The lowest BCUT2D eigenvalue weighted by molar-refractivity contribution is 0.407. The number of halogens is 1. The van der Waals surface area contributed by atoms with Crippen molar-refractivity contribution < 1.29 is 9.15 Å². The van der Waals surface area contributed by atoms with Gasteiger partial charge in [-0.2, -0.15) is 0 Å². The Morgan fingerprint density at radius 2 is 2.18 bits per heavy atom. The second-order valence-corrected chi connectivity index (χ2v) is 4.73. The topological polar surface area (TPSA) is 48.4 Å². The molecule has 1 aromatic heterocycles. The van der Waals surface area contributed by atoms with Gasteiger partial charge in [0.2, 0.25) is 0 Å². The largest absolute Gasteiger partial charge is 0.496 e. The van der Waals surface area contributed by atoms with Crippen molar-refractivity contribution in [3.8, 4) is 5.75 Å². The molecule has 17 heavy (non-hydrogen) atoms. The van der Waals surface area contributed by atoms with Gasteiger partial charge in [0.15, 0.2) is 0 Å². The number of hydrogen-bond donors (Lipinski definition) is 1. The molecule has 1 heterocycles. The second kappa shape index (κ2) is 4.94. The van der Waals surface area contributed by atoms with Crippen LogP contribution in [0.15, 0.2) is 39.6 Å². The molecule has 1 unspecified atom stereocenters. The summed E-state index contributed by atoms with van der Waals surface area (Å²) in [6, 6.07) is 5.57. The van der Waals surface area contributed by atoms with Crippen molar-refractivity contribution in [3.05, 3.63) is 51.9 Å². The van der Waals surface area contributed by atoms with Gasteiger partial charge in [-0.15, -0.1) is 0 Å². The third-order valence-electron chi connectivity index (χ3n) is 2.75. The Hall–Kier alpha value is -1.26. The number of aryl methyl sites for hydroxylation is 1. The summed E-state index contributed by atoms with van der Waals surface area (Å²) in [4.78, 5) is 0. The van der Waals surface area contributed by atoms with Gasteiger partial charge in [0.05, 0.1) is 25.7 Å². The zero-order chi connectivity index (χ0) is 12.4. The van der Waals surface area contributed by atoms with E-state index in [9.17, 15) is 0 Å². The first-order valence-electron chi connectivity index (χ1n) is 5.25. The molecule has 1 atom stereocenters. The SMILES string of the molecule is COc1cc(C)c(Br)cc1C(N)c1ccoc1. The first kappa shape index (κ1) is 12.2. The molecule has 0 fully saturated rings. The lowest BCUT2D eigenvalue weighted by atomic mass is 10.00. The Morgan fingerprint density at radius 3 is 2.76 bits per heavy atom. The van der Waals surface area contributed by atoms with Crippen molar-refractivity contribution in [2.45, 2.75) is 13.0 Å². The third-order valence-corrected chi connectivity index (χ3v) is 3.60. The molecular formula is C13H14BrNO2. The van der Waals surface area contributed by atoms with E-state index in [2.05, 4.69) is 15.9 Å². The molecule has 4 heteroatoms. The molecule has 0 amide bonds. The van der Waals surface area contributed by atoms with Gasteiger partial charge in [0, 0.05) is 15.6 Å². The van der Waals surface area contributed by atoms with Crippen LogP contribution in [0.5, 0.6) is 5.75 Å².